The fourth-order valence-corrected chi connectivity index (χ4v) is 13.5. The standard InChI is InChI=1S/C33H64O5Si4/c1-31-19-17-25(36-40(6,7)8)21-24(31)15-16-26-27-18-20-33(38-42(12,13)14,29(34)23-35-39(3,4)5)32(27,2)22-28(30(26)31)37-41(9,10)11/h22,24-27,30H,15-21,23H2,1-14H3/t24-,25-,26?,27?,30?,31+,32+,33+/m1/s1. The van der Waals surface area contributed by atoms with Crippen LogP contribution in [0.3, 0.4) is 0 Å². The minimum Gasteiger partial charge on any atom is -0.547 e. The second-order valence-electron chi connectivity index (χ2n) is 18.6. The summed E-state index contributed by atoms with van der Waals surface area (Å²) in [5.41, 5.74) is -1.04. The molecule has 42 heavy (non-hydrogen) atoms. The van der Waals surface area contributed by atoms with Gasteiger partial charge in [0.25, 0.3) is 0 Å². The van der Waals surface area contributed by atoms with Crippen molar-refractivity contribution in [1.29, 1.82) is 0 Å². The Morgan fingerprint density at radius 3 is 2.00 bits per heavy atom. The van der Waals surface area contributed by atoms with E-state index in [2.05, 4.69) is 98.5 Å². The molecule has 242 valence electrons. The Labute approximate surface area is 262 Å². The summed E-state index contributed by atoms with van der Waals surface area (Å²) < 4.78 is 27.3. The maximum absolute atomic E-state index is 14.5. The molecule has 0 radical (unpaired) electrons. The number of hydrogen-bond acceptors (Lipinski definition) is 5. The van der Waals surface area contributed by atoms with E-state index < -0.39 is 44.3 Å². The lowest BCUT2D eigenvalue weighted by molar-refractivity contribution is -0.152. The van der Waals surface area contributed by atoms with Gasteiger partial charge in [-0.25, -0.2) is 0 Å². The predicted molar refractivity (Wildman–Crippen MR) is 185 cm³/mol. The van der Waals surface area contributed by atoms with E-state index in [-0.39, 0.29) is 17.8 Å². The first kappa shape index (κ1) is 34.8. The van der Waals surface area contributed by atoms with Gasteiger partial charge in [0.05, 0.1) is 12.4 Å². The van der Waals surface area contributed by atoms with Gasteiger partial charge in [0, 0.05) is 17.4 Å². The highest BCUT2D eigenvalue weighted by Crippen LogP contribution is 2.69. The Morgan fingerprint density at radius 2 is 1.45 bits per heavy atom. The minimum absolute atomic E-state index is 0.156. The lowest BCUT2D eigenvalue weighted by Crippen LogP contribution is -2.62. The van der Waals surface area contributed by atoms with Gasteiger partial charge in [-0.2, -0.15) is 0 Å². The van der Waals surface area contributed by atoms with Crippen LogP contribution in [-0.4, -0.2) is 57.4 Å². The van der Waals surface area contributed by atoms with E-state index in [1.807, 2.05) is 0 Å². The van der Waals surface area contributed by atoms with Crippen molar-refractivity contribution >= 4 is 39.1 Å². The molecule has 0 saturated heterocycles. The van der Waals surface area contributed by atoms with Crippen LogP contribution in [-0.2, 0) is 22.5 Å². The summed E-state index contributed by atoms with van der Waals surface area (Å²) in [6, 6.07) is 0. The molecule has 9 heteroatoms. The van der Waals surface area contributed by atoms with E-state index >= 15 is 0 Å². The van der Waals surface area contributed by atoms with E-state index in [0.29, 0.717) is 29.8 Å². The third-order valence-corrected chi connectivity index (χ3v) is 14.6. The number of hydrogen-bond donors (Lipinski definition) is 0. The Bertz CT molecular complexity index is 1050. The van der Waals surface area contributed by atoms with Gasteiger partial charge in [-0.3, -0.25) is 4.79 Å². The first-order chi connectivity index (χ1) is 18.9. The van der Waals surface area contributed by atoms with Gasteiger partial charge < -0.3 is 17.7 Å². The molecule has 0 aromatic rings. The largest absolute Gasteiger partial charge is 0.547 e. The first-order valence-corrected chi connectivity index (χ1v) is 30.5. The van der Waals surface area contributed by atoms with Gasteiger partial charge >= 0.3 is 0 Å². The Morgan fingerprint density at radius 1 is 0.810 bits per heavy atom. The fraction of sp³-hybridized carbons (Fsp3) is 0.909. The summed E-state index contributed by atoms with van der Waals surface area (Å²) in [5, 5.41) is 0. The van der Waals surface area contributed by atoms with Crippen LogP contribution in [0.5, 0.6) is 0 Å². The van der Waals surface area contributed by atoms with Gasteiger partial charge in [0.2, 0.25) is 8.32 Å². The van der Waals surface area contributed by atoms with E-state index in [4.69, 9.17) is 17.7 Å². The molecule has 0 aromatic carbocycles. The number of fused-ring (bicyclic) bond motifs is 5. The second kappa shape index (κ2) is 11.3. The Kier molecular flexibility index (Phi) is 9.40. The third kappa shape index (κ3) is 7.02. The van der Waals surface area contributed by atoms with Gasteiger partial charge in [0.15, 0.2) is 30.7 Å². The van der Waals surface area contributed by atoms with Crippen molar-refractivity contribution in [3.05, 3.63) is 11.8 Å². The summed E-state index contributed by atoms with van der Waals surface area (Å²) in [5.74, 6) is 3.34. The summed E-state index contributed by atoms with van der Waals surface area (Å²) >= 11 is 0. The average molecular weight is 653 g/mol. The SMILES string of the molecule is C[C@]12C=C(O[Si](C)(C)C)C3C(CC[C@@H]4C[C@H](O[Si](C)(C)C)CC[C@]34C)C1CC[C@]2(O[Si](C)(C)C)C(=O)CO[Si](C)(C)C. The third-order valence-electron chi connectivity index (χ3n) is 10.7. The lowest BCUT2D eigenvalue weighted by atomic mass is 9.46. The molecule has 3 saturated carbocycles. The molecule has 0 heterocycles. The van der Waals surface area contributed by atoms with Crippen molar-refractivity contribution in [1.82, 2.24) is 0 Å². The van der Waals surface area contributed by atoms with Crippen LogP contribution < -0.4 is 0 Å². The van der Waals surface area contributed by atoms with Crippen molar-refractivity contribution in [3.8, 4) is 0 Å². The summed E-state index contributed by atoms with van der Waals surface area (Å²) in [4.78, 5) is 14.5. The maximum Gasteiger partial charge on any atom is 0.241 e. The molecule has 0 N–H and O–H groups in total. The van der Waals surface area contributed by atoms with Gasteiger partial charge in [0.1, 0.15) is 5.60 Å². The highest BCUT2D eigenvalue weighted by atomic mass is 28.4. The molecule has 3 fully saturated rings. The molecule has 0 aliphatic heterocycles. The molecule has 0 aromatic heterocycles. The number of Topliss-reactive ketones (excluding diaryl/α,β-unsaturated/α-hetero) is 1. The Balaban J connectivity index is 1.80. The molecule has 0 bridgehead atoms. The quantitative estimate of drug-likeness (QED) is 0.220. The molecule has 4 aliphatic carbocycles. The Hall–Kier alpha value is -0.0425. The van der Waals surface area contributed by atoms with Gasteiger partial charge in [-0.15, -0.1) is 0 Å². The minimum atomic E-state index is -2.08. The summed E-state index contributed by atoms with van der Waals surface area (Å²) in [6.45, 7) is 32.2. The first-order valence-electron chi connectivity index (χ1n) is 16.9. The number of ketones is 1. The van der Waals surface area contributed by atoms with E-state index in [1.54, 1.807) is 0 Å². The molecular weight excluding hydrogens is 589 g/mol. The topological polar surface area (TPSA) is 54.0 Å². The van der Waals surface area contributed by atoms with Gasteiger partial charge in [-0.05, 0) is 153 Å². The highest BCUT2D eigenvalue weighted by molar-refractivity contribution is 6.71. The van der Waals surface area contributed by atoms with Crippen LogP contribution in [0.4, 0.5) is 0 Å². The number of allylic oxidation sites excluding steroid dienone is 1. The van der Waals surface area contributed by atoms with Crippen molar-refractivity contribution in [2.45, 2.75) is 149 Å². The van der Waals surface area contributed by atoms with E-state index in [1.165, 1.54) is 31.4 Å². The molecule has 8 atom stereocenters. The molecular formula is C33H64O5Si4. The average Bonchev–Trinajstić information content (AvgIpc) is 3.06. The zero-order valence-electron chi connectivity index (χ0n) is 29.7. The molecule has 5 nitrogen and oxygen atoms in total. The molecule has 4 rings (SSSR count). The van der Waals surface area contributed by atoms with Crippen molar-refractivity contribution in [3.63, 3.8) is 0 Å². The maximum atomic E-state index is 14.5. The van der Waals surface area contributed by atoms with Crippen LogP contribution in [0, 0.1) is 34.5 Å². The van der Waals surface area contributed by atoms with Crippen LogP contribution in [0.25, 0.3) is 0 Å². The normalized spacial score (nSPS) is 39.2. The molecule has 3 unspecified atom stereocenters. The monoisotopic (exact) mass is 652 g/mol. The smallest absolute Gasteiger partial charge is 0.241 e. The predicted octanol–water partition coefficient (Wildman–Crippen LogP) is 9.22. The lowest BCUT2D eigenvalue weighted by Gasteiger charge is -2.61. The zero-order chi connectivity index (χ0) is 31.7. The van der Waals surface area contributed by atoms with E-state index in [0.717, 1.165) is 19.3 Å². The molecule has 0 spiro atoms. The van der Waals surface area contributed by atoms with Crippen molar-refractivity contribution in [2.24, 2.45) is 34.5 Å². The van der Waals surface area contributed by atoms with Crippen LogP contribution in [0.2, 0.25) is 78.6 Å². The second-order valence-corrected chi connectivity index (χ2v) is 36.4. The van der Waals surface area contributed by atoms with Gasteiger partial charge in [-0.1, -0.05) is 13.8 Å². The number of carbonyl (C=O) groups is 1. The molecule has 0 amide bonds. The van der Waals surface area contributed by atoms with Crippen LogP contribution in [0.1, 0.15) is 58.8 Å². The zero-order valence-corrected chi connectivity index (χ0v) is 33.7. The number of rotatable bonds is 10. The van der Waals surface area contributed by atoms with Crippen molar-refractivity contribution < 1.29 is 22.5 Å². The van der Waals surface area contributed by atoms with Crippen LogP contribution >= 0.6 is 0 Å². The summed E-state index contributed by atoms with van der Waals surface area (Å²) in [6.07, 6.45) is 10.7. The highest BCUT2D eigenvalue weighted by Gasteiger charge is 2.69. The van der Waals surface area contributed by atoms with E-state index in [9.17, 15) is 4.79 Å². The number of carbonyl (C=O) groups excluding carboxylic acids is 1. The van der Waals surface area contributed by atoms with Crippen molar-refractivity contribution in [2.75, 3.05) is 6.61 Å². The summed E-state index contributed by atoms with van der Waals surface area (Å²) in [7, 11) is -7.43. The fourth-order valence-electron chi connectivity index (χ4n) is 9.38. The molecule has 4 aliphatic rings. The van der Waals surface area contributed by atoms with Crippen LogP contribution in [0.15, 0.2) is 11.8 Å².